The lowest BCUT2D eigenvalue weighted by Crippen LogP contribution is -2.61. The van der Waals surface area contributed by atoms with Crippen molar-refractivity contribution in [3.05, 3.63) is 48.2 Å². The fraction of sp³-hybridized carbons (Fsp3) is 0.577. The van der Waals surface area contributed by atoms with Gasteiger partial charge in [0.2, 0.25) is 5.88 Å². The summed E-state index contributed by atoms with van der Waals surface area (Å²) in [4.78, 5) is 4.29. The van der Waals surface area contributed by atoms with Crippen molar-refractivity contribution in [1.29, 1.82) is 0 Å². The molecule has 0 bridgehead atoms. The van der Waals surface area contributed by atoms with Gasteiger partial charge in [0.05, 0.1) is 0 Å². The van der Waals surface area contributed by atoms with Crippen LogP contribution in [0.5, 0.6) is 17.4 Å². The molecule has 2 fully saturated rings. The minimum absolute atomic E-state index is 0.0605. The van der Waals surface area contributed by atoms with E-state index in [0.29, 0.717) is 22.6 Å². The van der Waals surface area contributed by atoms with Gasteiger partial charge in [-0.05, 0) is 85.6 Å². The van der Waals surface area contributed by atoms with Crippen molar-refractivity contribution in [2.75, 3.05) is 0 Å². The number of pyridine rings is 1. The molecular formula is C26H33NO2. The predicted molar refractivity (Wildman–Crippen MR) is 115 cm³/mol. The highest BCUT2D eigenvalue weighted by Gasteiger charge is 2.60. The van der Waals surface area contributed by atoms with Crippen molar-refractivity contribution in [3.8, 4) is 17.4 Å². The van der Waals surface area contributed by atoms with Gasteiger partial charge in [0.15, 0.2) is 0 Å². The summed E-state index contributed by atoms with van der Waals surface area (Å²) < 4.78 is 12.7. The Morgan fingerprint density at radius 3 is 2.66 bits per heavy atom. The minimum Gasteiger partial charge on any atom is -0.487 e. The summed E-state index contributed by atoms with van der Waals surface area (Å²) in [5.41, 5.74) is 1.99. The van der Waals surface area contributed by atoms with Gasteiger partial charge in [0.1, 0.15) is 17.1 Å². The largest absolute Gasteiger partial charge is 0.487 e. The number of rotatable bonds is 2. The summed E-state index contributed by atoms with van der Waals surface area (Å²) in [6.07, 6.45) is 9.30. The third-order valence-corrected chi connectivity index (χ3v) is 8.40. The Labute approximate surface area is 174 Å². The first-order valence-electron chi connectivity index (χ1n) is 11.2. The zero-order chi connectivity index (χ0) is 20.3. The molecule has 29 heavy (non-hydrogen) atoms. The Morgan fingerprint density at radius 1 is 1.00 bits per heavy atom. The molecule has 1 aromatic heterocycles. The van der Waals surface area contributed by atoms with E-state index in [0.717, 1.165) is 30.3 Å². The van der Waals surface area contributed by atoms with E-state index in [1.54, 1.807) is 6.20 Å². The smallest absolute Gasteiger partial charge is 0.219 e. The van der Waals surface area contributed by atoms with Crippen molar-refractivity contribution in [1.82, 2.24) is 4.98 Å². The first kappa shape index (κ1) is 19.0. The molecule has 1 aromatic carbocycles. The third kappa shape index (κ3) is 3.05. The Balaban J connectivity index is 1.48. The van der Waals surface area contributed by atoms with E-state index >= 15 is 0 Å². The molecule has 3 nitrogen and oxygen atoms in total. The first-order chi connectivity index (χ1) is 13.8. The number of benzene rings is 1. The van der Waals surface area contributed by atoms with Crippen LogP contribution in [0.2, 0.25) is 0 Å². The molecule has 0 N–H and O–H groups in total. The lowest BCUT2D eigenvalue weighted by molar-refractivity contribution is -0.162. The fourth-order valence-corrected chi connectivity index (χ4v) is 7.06. The Kier molecular flexibility index (Phi) is 4.24. The maximum Gasteiger partial charge on any atom is 0.219 e. The molecule has 1 aliphatic heterocycles. The number of nitrogens with zero attached hydrogens (tertiary/aromatic N) is 1. The normalized spacial score (nSPS) is 34.9. The molecule has 5 rings (SSSR count). The second kappa shape index (κ2) is 6.48. The maximum absolute atomic E-state index is 6.74. The number of fused-ring (bicyclic) bond motifs is 4. The van der Waals surface area contributed by atoms with Gasteiger partial charge in [-0.3, -0.25) is 0 Å². The van der Waals surface area contributed by atoms with Gasteiger partial charge in [0, 0.05) is 18.2 Å². The highest BCUT2D eigenvalue weighted by molar-refractivity contribution is 5.44. The molecule has 0 saturated heterocycles. The average Bonchev–Trinajstić information content (AvgIpc) is 2.67. The van der Waals surface area contributed by atoms with Crippen LogP contribution in [0.15, 0.2) is 42.6 Å². The summed E-state index contributed by atoms with van der Waals surface area (Å²) in [5, 5.41) is 0. The van der Waals surface area contributed by atoms with Gasteiger partial charge in [-0.1, -0.05) is 33.3 Å². The molecule has 154 valence electrons. The lowest BCUT2D eigenvalue weighted by Gasteiger charge is -2.63. The Bertz CT molecular complexity index is 908. The van der Waals surface area contributed by atoms with Crippen molar-refractivity contribution < 1.29 is 9.47 Å². The van der Waals surface area contributed by atoms with Crippen molar-refractivity contribution >= 4 is 0 Å². The molecule has 0 radical (unpaired) electrons. The SMILES string of the molecule is CC1(C)CCC[C@]2(C)[C@H]3Cc4cc(Oc5ccccn5)ccc4O[C@]3(C)CC[C@@H]12. The highest BCUT2D eigenvalue weighted by atomic mass is 16.5. The lowest BCUT2D eigenvalue weighted by atomic mass is 9.44. The molecule has 4 atom stereocenters. The zero-order valence-corrected chi connectivity index (χ0v) is 18.2. The van der Waals surface area contributed by atoms with E-state index in [1.165, 1.54) is 31.2 Å². The zero-order valence-electron chi connectivity index (χ0n) is 18.2. The molecule has 2 saturated carbocycles. The molecule has 0 spiro atoms. The molecule has 3 heteroatoms. The van der Waals surface area contributed by atoms with Gasteiger partial charge in [-0.2, -0.15) is 0 Å². The standard InChI is InChI=1S/C26H33NO2/c1-24(2)12-7-13-25(3)21(24)11-14-26(4)22(25)17-18-16-19(9-10-20(18)29-26)28-23-8-5-6-15-27-23/h5-6,8-10,15-16,21-22H,7,11-14,17H2,1-4H3/t21-,22+,25-,26+/m0/s1. The molecule has 2 aromatic rings. The van der Waals surface area contributed by atoms with Gasteiger partial charge >= 0.3 is 0 Å². The van der Waals surface area contributed by atoms with E-state index in [4.69, 9.17) is 9.47 Å². The number of aromatic nitrogens is 1. The predicted octanol–water partition coefficient (Wildman–Crippen LogP) is 6.81. The van der Waals surface area contributed by atoms with Crippen LogP contribution in [-0.2, 0) is 6.42 Å². The topological polar surface area (TPSA) is 31.4 Å². The Morgan fingerprint density at radius 2 is 1.86 bits per heavy atom. The molecule has 0 amide bonds. The summed E-state index contributed by atoms with van der Waals surface area (Å²) in [7, 11) is 0. The van der Waals surface area contributed by atoms with Crippen LogP contribution in [0.25, 0.3) is 0 Å². The minimum atomic E-state index is -0.0605. The van der Waals surface area contributed by atoms with Gasteiger partial charge in [-0.25, -0.2) is 4.98 Å². The maximum atomic E-state index is 6.74. The summed E-state index contributed by atoms with van der Waals surface area (Å²) >= 11 is 0. The summed E-state index contributed by atoms with van der Waals surface area (Å²) in [6, 6.07) is 12.0. The summed E-state index contributed by atoms with van der Waals surface area (Å²) in [6.45, 7) is 9.91. The van der Waals surface area contributed by atoms with Gasteiger partial charge < -0.3 is 9.47 Å². The molecular weight excluding hydrogens is 358 g/mol. The van der Waals surface area contributed by atoms with Crippen molar-refractivity contribution in [3.63, 3.8) is 0 Å². The molecule has 2 heterocycles. The van der Waals surface area contributed by atoms with Gasteiger partial charge in [0.25, 0.3) is 0 Å². The molecule has 0 unspecified atom stereocenters. The van der Waals surface area contributed by atoms with E-state index < -0.39 is 0 Å². The second-order valence-corrected chi connectivity index (χ2v) is 10.7. The van der Waals surface area contributed by atoms with Crippen LogP contribution in [0, 0.1) is 22.7 Å². The fourth-order valence-electron chi connectivity index (χ4n) is 7.06. The van der Waals surface area contributed by atoms with Crippen LogP contribution in [0.3, 0.4) is 0 Å². The molecule has 2 aliphatic carbocycles. The first-order valence-corrected chi connectivity index (χ1v) is 11.2. The number of hydrogen-bond acceptors (Lipinski definition) is 3. The quantitative estimate of drug-likeness (QED) is 0.563. The average molecular weight is 392 g/mol. The van der Waals surface area contributed by atoms with Crippen molar-refractivity contribution in [2.45, 2.75) is 71.8 Å². The van der Waals surface area contributed by atoms with E-state index in [1.807, 2.05) is 24.3 Å². The van der Waals surface area contributed by atoms with Crippen LogP contribution in [0.4, 0.5) is 0 Å². The van der Waals surface area contributed by atoms with E-state index in [9.17, 15) is 0 Å². The van der Waals surface area contributed by atoms with Crippen LogP contribution < -0.4 is 9.47 Å². The van der Waals surface area contributed by atoms with Crippen molar-refractivity contribution in [2.24, 2.45) is 22.7 Å². The summed E-state index contributed by atoms with van der Waals surface area (Å²) in [5.74, 6) is 3.84. The molecule has 3 aliphatic rings. The number of ether oxygens (including phenoxy) is 2. The number of hydrogen-bond donors (Lipinski definition) is 0. The monoisotopic (exact) mass is 391 g/mol. The van der Waals surface area contributed by atoms with E-state index in [-0.39, 0.29) is 5.60 Å². The third-order valence-electron chi connectivity index (χ3n) is 8.40. The second-order valence-electron chi connectivity index (χ2n) is 10.7. The van der Waals surface area contributed by atoms with Gasteiger partial charge in [-0.15, -0.1) is 0 Å². The Hall–Kier alpha value is -2.03. The van der Waals surface area contributed by atoms with Crippen LogP contribution in [0.1, 0.15) is 65.4 Å². The van der Waals surface area contributed by atoms with E-state index in [2.05, 4.69) is 44.8 Å². The highest BCUT2D eigenvalue weighted by Crippen LogP contribution is 2.64. The van der Waals surface area contributed by atoms with Crippen LogP contribution >= 0.6 is 0 Å². The van der Waals surface area contributed by atoms with Crippen LogP contribution in [-0.4, -0.2) is 10.6 Å².